The van der Waals surface area contributed by atoms with Gasteiger partial charge >= 0.3 is 5.97 Å². The Labute approximate surface area is 259 Å². The average molecular weight is 620 g/mol. The van der Waals surface area contributed by atoms with Crippen molar-refractivity contribution in [3.05, 3.63) is 88.5 Å². The van der Waals surface area contributed by atoms with Gasteiger partial charge in [0.2, 0.25) is 0 Å². The number of nitrogens with one attached hydrogen (secondary N) is 1. The summed E-state index contributed by atoms with van der Waals surface area (Å²) in [6, 6.07) is 13.8. The molecule has 1 fully saturated rings. The summed E-state index contributed by atoms with van der Waals surface area (Å²) in [6.45, 7) is 9.83. The van der Waals surface area contributed by atoms with E-state index in [1.165, 1.54) is 5.57 Å². The average Bonchev–Trinajstić information content (AvgIpc) is 2.99. The largest absolute Gasteiger partial charge is 0.478 e. The van der Waals surface area contributed by atoms with Gasteiger partial charge in [0.15, 0.2) is 9.84 Å². The van der Waals surface area contributed by atoms with Gasteiger partial charge in [0, 0.05) is 54.7 Å². The minimum Gasteiger partial charge on any atom is -0.478 e. The van der Waals surface area contributed by atoms with Crippen LogP contribution in [0.25, 0.3) is 5.57 Å². The molecule has 2 aromatic rings. The first-order valence-corrected chi connectivity index (χ1v) is 17.0. The molecule has 2 heterocycles. The monoisotopic (exact) mass is 619 g/mol. The molecule has 44 heavy (non-hydrogen) atoms. The molecule has 0 aromatic heterocycles. The molecular formula is C34H41N3O6S. The van der Waals surface area contributed by atoms with Crippen molar-refractivity contribution < 1.29 is 27.9 Å². The lowest BCUT2D eigenvalue weighted by atomic mass is 9.58. The summed E-state index contributed by atoms with van der Waals surface area (Å²) in [5.41, 5.74) is 4.03. The highest BCUT2D eigenvalue weighted by molar-refractivity contribution is 7.91. The van der Waals surface area contributed by atoms with Gasteiger partial charge < -0.3 is 20.2 Å². The third-order valence-corrected chi connectivity index (χ3v) is 10.9. The SMILES string of the molecule is CC1(C)C(c2ccc(C(=O)O)cc2)=CC[C@]2(C)CN(C(=O)c3cccc(C(=O)NCCCN4CCS(=O)(=O)CC4)c3)CC=C12. The fourth-order valence-electron chi connectivity index (χ4n) is 6.91. The van der Waals surface area contributed by atoms with Gasteiger partial charge in [-0.1, -0.05) is 56.7 Å². The maximum absolute atomic E-state index is 13.7. The summed E-state index contributed by atoms with van der Waals surface area (Å²) in [7, 11) is -2.91. The number of carboxylic acids is 1. The maximum atomic E-state index is 13.7. The van der Waals surface area contributed by atoms with E-state index in [4.69, 9.17) is 0 Å². The zero-order valence-electron chi connectivity index (χ0n) is 25.6. The zero-order chi connectivity index (χ0) is 31.7. The Morgan fingerprint density at radius 2 is 1.61 bits per heavy atom. The second-order valence-corrected chi connectivity index (χ2v) is 15.2. The van der Waals surface area contributed by atoms with Crippen molar-refractivity contribution in [3.63, 3.8) is 0 Å². The Balaban J connectivity index is 1.21. The third kappa shape index (κ3) is 6.66. The molecule has 9 nitrogen and oxygen atoms in total. The van der Waals surface area contributed by atoms with E-state index in [0.717, 1.165) is 24.1 Å². The van der Waals surface area contributed by atoms with E-state index in [-0.39, 0.29) is 39.7 Å². The van der Waals surface area contributed by atoms with Crippen LogP contribution in [-0.4, -0.2) is 91.9 Å². The van der Waals surface area contributed by atoms with Crippen LogP contribution in [0.3, 0.4) is 0 Å². The van der Waals surface area contributed by atoms with Crippen LogP contribution in [0.2, 0.25) is 0 Å². The second-order valence-electron chi connectivity index (χ2n) is 12.9. The molecule has 2 amide bonds. The molecule has 0 radical (unpaired) electrons. The van der Waals surface area contributed by atoms with Gasteiger partial charge in [-0.2, -0.15) is 0 Å². The number of fused-ring (bicyclic) bond motifs is 1. The zero-order valence-corrected chi connectivity index (χ0v) is 26.5. The second kappa shape index (κ2) is 12.3. The Bertz CT molecular complexity index is 1610. The molecule has 234 valence electrons. The molecule has 1 saturated heterocycles. The first-order chi connectivity index (χ1) is 20.8. The lowest BCUT2D eigenvalue weighted by Gasteiger charge is -2.50. The molecule has 10 heteroatoms. The standard InChI is InChI=1S/C34H41N3O6S/c1-33(2)28(24-8-10-25(11-9-24)32(40)41)12-14-34(3)23-37(17-13-29(33)34)31(39)27-7-4-6-26(22-27)30(38)35-15-5-16-36-18-20-44(42,43)21-19-36/h4,6-13,22H,5,14-21,23H2,1-3H3,(H,35,38)(H,40,41)/t34-/m1/s1. The maximum Gasteiger partial charge on any atom is 0.335 e. The lowest BCUT2D eigenvalue weighted by Crippen LogP contribution is -2.48. The van der Waals surface area contributed by atoms with Crippen molar-refractivity contribution in [2.75, 3.05) is 50.8 Å². The van der Waals surface area contributed by atoms with Crippen LogP contribution < -0.4 is 5.32 Å². The van der Waals surface area contributed by atoms with Crippen molar-refractivity contribution in [2.45, 2.75) is 33.6 Å². The molecule has 2 aliphatic heterocycles. The van der Waals surface area contributed by atoms with E-state index in [1.807, 2.05) is 17.0 Å². The fourth-order valence-corrected chi connectivity index (χ4v) is 8.19. The number of amides is 2. The number of sulfone groups is 1. The highest BCUT2D eigenvalue weighted by Gasteiger charge is 2.46. The van der Waals surface area contributed by atoms with Crippen LogP contribution in [0, 0.1) is 10.8 Å². The molecule has 1 atom stereocenters. The third-order valence-electron chi connectivity index (χ3n) is 9.28. The molecule has 2 N–H and O–H groups in total. The number of carbonyl (C=O) groups is 3. The highest BCUT2D eigenvalue weighted by atomic mass is 32.2. The number of nitrogens with zero attached hydrogens (tertiary/aromatic N) is 2. The Morgan fingerprint density at radius 1 is 0.932 bits per heavy atom. The Hall–Kier alpha value is -3.76. The van der Waals surface area contributed by atoms with Crippen molar-refractivity contribution >= 4 is 33.2 Å². The van der Waals surface area contributed by atoms with E-state index in [1.54, 1.807) is 36.4 Å². The molecule has 3 aliphatic rings. The quantitative estimate of drug-likeness (QED) is 0.336. The number of hydrogen-bond donors (Lipinski definition) is 2. The number of rotatable bonds is 8. The first kappa shape index (κ1) is 31.7. The van der Waals surface area contributed by atoms with Gasteiger partial charge in [-0.3, -0.25) is 9.59 Å². The molecular weight excluding hydrogens is 578 g/mol. The topological polar surface area (TPSA) is 124 Å². The minimum absolute atomic E-state index is 0.118. The summed E-state index contributed by atoms with van der Waals surface area (Å²) in [4.78, 5) is 41.8. The lowest BCUT2D eigenvalue weighted by molar-refractivity contribution is 0.0678. The van der Waals surface area contributed by atoms with Crippen LogP contribution in [-0.2, 0) is 9.84 Å². The van der Waals surface area contributed by atoms with Crippen LogP contribution in [0.1, 0.15) is 70.3 Å². The van der Waals surface area contributed by atoms with Crippen molar-refractivity contribution in [3.8, 4) is 0 Å². The van der Waals surface area contributed by atoms with Crippen molar-refractivity contribution in [2.24, 2.45) is 10.8 Å². The molecule has 2 aromatic carbocycles. The van der Waals surface area contributed by atoms with E-state index in [9.17, 15) is 27.9 Å². The van der Waals surface area contributed by atoms with Crippen molar-refractivity contribution in [1.82, 2.24) is 15.1 Å². The summed E-state index contributed by atoms with van der Waals surface area (Å²) >= 11 is 0. The van der Waals surface area contributed by atoms with Crippen LogP contribution in [0.5, 0.6) is 0 Å². The number of allylic oxidation sites excluding steroid dienone is 2. The van der Waals surface area contributed by atoms with Gasteiger partial charge in [-0.25, -0.2) is 13.2 Å². The molecule has 0 saturated carbocycles. The van der Waals surface area contributed by atoms with Gasteiger partial charge in [0.25, 0.3) is 11.8 Å². The normalized spacial score (nSPS) is 22.8. The van der Waals surface area contributed by atoms with Gasteiger partial charge in [-0.15, -0.1) is 0 Å². The number of carboxylic acid groups (broad SMARTS) is 1. The van der Waals surface area contributed by atoms with Gasteiger partial charge in [-0.05, 0) is 60.9 Å². The number of benzene rings is 2. The number of aromatic carboxylic acids is 1. The summed E-state index contributed by atoms with van der Waals surface area (Å²) in [5, 5.41) is 12.2. The Morgan fingerprint density at radius 3 is 2.30 bits per heavy atom. The van der Waals surface area contributed by atoms with E-state index in [0.29, 0.717) is 50.3 Å². The smallest absolute Gasteiger partial charge is 0.335 e. The molecule has 1 aliphatic carbocycles. The summed E-state index contributed by atoms with van der Waals surface area (Å²) < 4.78 is 23.2. The Kier molecular flexibility index (Phi) is 8.87. The van der Waals surface area contributed by atoms with E-state index >= 15 is 0 Å². The van der Waals surface area contributed by atoms with Gasteiger partial charge in [0.1, 0.15) is 0 Å². The van der Waals surface area contributed by atoms with Crippen molar-refractivity contribution in [1.29, 1.82) is 0 Å². The van der Waals surface area contributed by atoms with Crippen LogP contribution in [0.15, 0.2) is 66.3 Å². The number of hydrogen-bond acceptors (Lipinski definition) is 6. The molecule has 0 unspecified atom stereocenters. The minimum atomic E-state index is -2.91. The molecule has 0 spiro atoms. The van der Waals surface area contributed by atoms with Crippen LogP contribution >= 0.6 is 0 Å². The fraction of sp³-hybridized carbons (Fsp3) is 0.441. The van der Waals surface area contributed by atoms with Crippen LogP contribution in [0.4, 0.5) is 0 Å². The van der Waals surface area contributed by atoms with E-state index < -0.39 is 15.8 Å². The van der Waals surface area contributed by atoms with E-state index in [2.05, 4.69) is 43.1 Å². The summed E-state index contributed by atoms with van der Waals surface area (Å²) in [5.74, 6) is -0.927. The number of carbonyl (C=O) groups excluding carboxylic acids is 2. The predicted octanol–water partition coefficient (Wildman–Crippen LogP) is 4.14. The predicted molar refractivity (Wildman–Crippen MR) is 170 cm³/mol. The van der Waals surface area contributed by atoms with Gasteiger partial charge in [0.05, 0.1) is 17.1 Å². The molecule has 0 bridgehead atoms. The molecule has 5 rings (SSSR count). The summed E-state index contributed by atoms with van der Waals surface area (Å²) in [6.07, 6.45) is 5.84. The highest BCUT2D eigenvalue weighted by Crippen LogP contribution is 2.55. The first-order valence-electron chi connectivity index (χ1n) is 15.1.